The summed E-state index contributed by atoms with van der Waals surface area (Å²) in [6.07, 6.45) is 16.9. The zero-order valence-electron chi connectivity index (χ0n) is 20.5. The summed E-state index contributed by atoms with van der Waals surface area (Å²) in [4.78, 5) is 0. The lowest BCUT2D eigenvalue weighted by molar-refractivity contribution is -0.0495. The van der Waals surface area contributed by atoms with E-state index in [2.05, 4.69) is 38.0 Å². The monoisotopic (exact) mass is 435 g/mol. The fraction of sp³-hybridized carbons (Fsp3) is 0.786. The average molecular weight is 436 g/mol. The minimum absolute atomic E-state index is 0.289. The van der Waals surface area contributed by atoms with Gasteiger partial charge in [0, 0.05) is 12.7 Å². The van der Waals surface area contributed by atoms with Crippen LogP contribution in [-0.2, 0) is 6.54 Å². The molecule has 0 aromatic carbocycles. The van der Waals surface area contributed by atoms with Crippen molar-refractivity contribution in [1.29, 1.82) is 5.26 Å². The maximum Gasteiger partial charge on any atom is 0.102 e. The topological polar surface area (TPSA) is 61.8 Å². The van der Waals surface area contributed by atoms with Gasteiger partial charge in [0.25, 0.3) is 0 Å². The summed E-state index contributed by atoms with van der Waals surface area (Å²) in [5.74, 6) is 3.72. The molecule has 4 nitrogen and oxygen atoms in total. The Morgan fingerprint density at radius 1 is 1.16 bits per heavy atom. The lowest BCUT2D eigenvalue weighted by atomic mass is 9.48. The van der Waals surface area contributed by atoms with E-state index in [-0.39, 0.29) is 5.41 Å². The van der Waals surface area contributed by atoms with Gasteiger partial charge >= 0.3 is 0 Å². The average Bonchev–Trinajstić information content (AvgIpc) is 3.32. The number of hydrogen-bond acceptors (Lipinski definition) is 3. The summed E-state index contributed by atoms with van der Waals surface area (Å²) < 4.78 is 1.99. The Morgan fingerprint density at radius 2 is 1.97 bits per heavy atom. The van der Waals surface area contributed by atoms with Gasteiger partial charge in [-0.05, 0) is 105 Å². The fourth-order valence-corrected chi connectivity index (χ4v) is 8.87. The number of fused-ring (bicyclic) bond motifs is 5. The molecule has 174 valence electrons. The van der Waals surface area contributed by atoms with Crippen LogP contribution in [0.25, 0.3) is 0 Å². The van der Waals surface area contributed by atoms with Crippen LogP contribution in [-0.4, -0.2) is 20.5 Å². The van der Waals surface area contributed by atoms with E-state index < -0.39 is 5.60 Å². The number of hydrogen-bond donors (Lipinski definition) is 1. The zero-order valence-corrected chi connectivity index (χ0v) is 20.5. The van der Waals surface area contributed by atoms with Crippen molar-refractivity contribution in [3.63, 3.8) is 0 Å². The molecule has 5 rings (SSSR count). The molecule has 4 heteroatoms. The molecule has 32 heavy (non-hydrogen) atoms. The lowest BCUT2D eigenvalue weighted by Gasteiger charge is -2.57. The summed E-state index contributed by atoms with van der Waals surface area (Å²) >= 11 is 0. The molecule has 0 aliphatic heterocycles. The molecular weight excluding hydrogens is 394 g/mol. The number of aliphatic hydroxyl groups is 1. The Bertz CT molecular complexity index is 939. The van der Waals surface area contributed by atoms with Gasteiger partial charge in [0.2, 0.25) is 0 Å². The Balaban J connectivity index is 1.36. The van der Waals surface area contributed by atoms with Gasteiger partial charge in [0.15, 0.2) is 0 Å². The van der Waals surface area contributed by atoms with Crippen LogP contribution in [0.15, 0.2) is 24.0 Å². The molecule has 1 aromatic heterocycles. The van der Waals surface area contributed by atoms with Gasteiger partial charge in [-0.25, -0.2) is 0 Å². The van der Waals surface area contributed by atoms with Crippen molar-refractivity contribution in [2.45, 2.75) is 97.6 Å². The molecule has 0 radical (unpaired) electrons. The van der Waals surface area contributed by atoms with Crippen molar-refractivity contribution in [2.24, 2.45) is 40.4 Å². The van der Waals surface area contributed by atoms with E-state index in [0.717, 1.165) is 55.9 Å². The number of nitriles is 1. The molecule has 0 unspecified atom stereocenters. The predicted molar refractivity (Wildman–Crippen MR) is 127 cm³/mol. The number of allylic oxidation sites excluding steroid dienone is 2. The van der Waals surface area contributed by atoms with E-state index in [1.165, 1.54) is 32.1 Å². The first kappa shape index (κ1) is 22.2. The predicted octanol–water partition coefficient (Wildman–Crippen LogP) is 6.11. The molecule has 1 heterocycles. The quantitative estimate of drug-likeness (QED) is 0.583. The van der Waals surface area contributed by atoms with Gasteiger partial charge in [0.1, 0.15) is 6.07 Å². The van der Waals surface area contributed by atoms with E-state index in [0.29, 0.717) is 16.9 Å². The standard InChI is InChI=1S/C28H41N3O/c1-19(17-31-18-20(15-29)16-30-31)23-7-8-24-22-6-5-21-9-11-26(2,32)13-14-27(21,3)25(22)10-12-28(23,24)4/h5,16,18-19,22-25,32H,6-14,17H2,1-4H3/t19-,22+,23-,24+,25+,26+,27+,28-/m1/s1. The molecule has 4 aliphatic carbocycles. The van der Waals surface area contributed by atoms with Crippen LogP contribution in [0.4, 0.5) is 0 Å². The van der Waals surface area contributed by atoms with E-state index in [9.17, 15) is 5.11 Å². The van der Waals surface area contributed by atoms with Gasteiger partial charge in [0.05, 0.1) is 17.4 Å². The zero-order chi connectivity index (χ0) is 22.7. The van der Waals surface area contributed by atoms with Crippen molar-refractivity contribution in [2.75, 3.05) is 0 Å². The Morgan fingerprint density at radius 3 is 2.72 bits per heavy atom. The van der Waals surface area contributed by atoms with E-state index in [4.69, 9.17) is 5.26 Å². The molecule has 3 saturated carbocycles. The second-order valence-electron chi connectivity index (χ2n) is 12.5. The van der Waals surface area contributed by atoms with Crippen LogP contribution in [0.2, 0.25) is 0 Å². The van der Waals surface area contributed by atoms with Gasteiger partial charge in [-0.3, -0.25) is 4.68 Å². The maximum absolute atomic E-state index is 10.8. The second-order valence-corrected chi connectivity index (χ2v) is 12.5. The largest absolute Gasteiger partial charge is 0.390 e. The highest BCUT2D eigenvalue weighted by Crippen LogP contribution is 2.67. The molecule has 4 aliphatic rings. The molecule has 1 aromatic rings. The molecule has 0 spiro atoms. The number of rotatable bonds is 3. The summed E-state index contributed by atoms with van der Waals surface area (Å²) in [5, 5.41) is 24.3. The third-order valence-electron chi connectivity index (χ3n) is 10.7. The molecule has 8 atom stereocenters. The van der Waals surface area contributed by atoms with Gasteiger partial charge < -0.3 is 5.11 Å². The van der Waals surface area contributed by atoms with E-state index in [1.54, 1.807) is 11.8 Å². The third-order valence-corrected chi connectivity index (χ3v) is 10.7. The highest BCUT2D eigenvalue weighted by Gasteiger charge is 2.59. The SMILES string of the molecule is C[C@H](Cn1cc(C#N)cn1)[C@H]1CC[C@H]2[C@@H]3CC=C4CC[C@](C)(O)CC[C@]4(C)[C@H]3CC[C@]12C. The van der Waals surface area contributed by atoms with Crippen LogP contribution in [0.5, 0.6) is 0 Å². The first-order valence-electron chi connectivity index (χ1n) is 13.0. The van der Waals surface area contributed by atoms with Gasteiger partial charge in [-0.15, -0.1) is 0 Å². The Hall–Kier alpha value is -1.60. The minimum Gasteiger partial charge on any atom is -0.390 e. The first-order chi connectivity index (χ1) is 15.2. The van der Waals surface area contributed by atoms with Crippen molar-refractivity contribution < 1.29 is 5.11 Å². The van der Waals surface area contributed by atoms with Crippen molar-refractivity contribution in [3.8, 4) is 6.07 Å². The highest BCUT2D eigenvalue weighted by molar-refractivity contribution is 5.25. The van der Waals surface area contributed by atoms with Crippen LogP contribution in [0.1, 0.15) is 91.0 Å². The smallest absolute Gasteiger partial charge is 0.102 e. The first-order valence-corrected chi connectivity index (χ1v) is 13.0. The number of aromatic nitrogens is 2. The summed E-state index contributed by atoms with van der Waals surface area (Å²) in [6.45, 7) is 10.5. The highest BCUT2D eigenvalue weighted by atomic mass is 16.3. The summed E-state index contributed by atoms with van der Waals surface area (Å²) in [7, 11) is 0. The van der Waals surface area contributed by atoms with Gasteiger partial charge in [-0.2, -0.15) is 10.4 Å². The third kappa shape index (κ3) is 3.47. The van der Waals surface area contributed by atoms with Crippen LogP contribution >= 0.6 is 0 Å². The molecule has 0 amide bonds. The number of nitrogens with zero attached hydrogens (tertiary/aromatic N) is 3. The minimum atomic E-state index is -0.494. The molecule has 1 N–H and O–H groups in total. The van der Waals surface area contributed by atoms with Crippen molar-refractivity contribution in [3.05, 3.63) is 29.6 Å². The lowest BCUT2D eigenvalue weighted by Crippen LogP contribution is -2.49. The summed E-state index contributed by atoms with van der Waals surface area (Å²) in [5.41, 5.74) is 2.54. The normalized spacial score (nSPS) is 44.4. The van der Waals surface area contributed by atoms with Crippen molar-refractivity contribution in [1.82, 2.24) is 9.78 Å². The van der Waals surface area contributed by atoms with Crippen LogP contribution in [0, 0.1) is 51.8 Å². The van der Waals surface area contributed by atoms with E-state index >= 15 is 0 Å². The summed E-state index contributed by atoms with van der Waals surface area (Å²) in [6, 6.07) is 2.21. The second kappa shape index (κ2) is 7.73. The molecular formula is C28H41N3O. The van der Waals surface area contributed by atoms with Crippen LogP contribution in [0.3, 0.4) is 0 Å². The Kier molecular flexibility index (Phi) is 5.36. The molecule has 0 bridgehead atoms. The van der Waals surface area contributed by atoms with Crippen molar-refractivity contribution >= 4 is 0 Å². The fourth-order valence-electron chi connectivity index (χ4n) is 8.87. The van der Waals surface area contributed by atoms with Gasteiger partial charge in [-0.1, -0.05) is 32.4 Å². The maximum atomic E-state index is 10.8. The van der Waals surface area contributed by atoms with E-state index in [1.807, 2.05) is 17.8 Å². The molecule has 0 saturated heterocycles. The molecule has 3 fully saturated rings. The van der Waals surface area contributed by atoms with Crippen LogP contribution < -0.4 is 0 Å². The Labute approximate surface area is 194 Å².